The molecule has 0 saturated carbocycles. The summed E-state index contributed by atoms with van der Waals surface area (Å²) in [5.41, 5.74) is 4.48. The quantitative estimate of drug-likeness (QED) is 0.478. The number of carbonyl (C=O) groups is 1. The number of anilines is 1. The topological polar surface area (TPSA) is 67.8 Å². The first-order valence-electron chi connectivity index (χ1n) is 9.82. The first kappa shape index (κ1) is 21.4. The molecule has 0 bridgehead atoms. The van der Waals surface area contributed by atoms with Gasteiger partial charge in [-0.2, -0.15) is 10.5 Å². The third kappa shape index (κ3) is 4.58. The van der Waals surface area contributed by atoms with E-state index in [1.165, 1.54) is 0 Å². The number of carbonyl (C=O) groups excluding carboxylic acids is 1. The fraction of sp³-hybridized carbons (Fsp3) is 0.333. The summed E-state index contributed by atoms with van der Waals surface area (Å²) in [7, 11) is 0. The van der Waals surface area contributed by atoms with Crippen LogP contribution < -0.4 is 10.4 Å². The number of nitrogens with zero attached hydrogens (tertiary/aromatic N) is 3. The molecule has 0 aliphatic carbocycles. The Labute approximate surface area is 190 Å². The average molecular weight is 468 g/mol. The maximum Gasteiger partial charge on any atom is 0.312 e. The Morgan fingerprint density at radius 2 is 1.70 bits per heavy atom. The molecule has 1 amide bonds. The van der Waals surface area contributed by atoms with Crippen molar-refractivity contribution in [2.24, 2.45) is 5.10 Å². The van der Waals surface area contributed by atoms with Gasteiger partial charge in [-0.25, -0.2) is 0 Å². The minimum Gasteiger partial charge on any atom is -0.606 e. The number of halogens is 3. The number of hydrogen-bond donors (Lipinski definition) is 1. The molecule has 0 radical (unpaired) electrons. The lowest BCUT2D eigenvalue weighted by atomic mass is 10.0. The number of hydrogen-bond acceptors (Lipinski definition) is 4. The van der Waals surface area contributed by atoms with Crippen molar-refractivity contribution >= 4 is 52.1 Å². The molecule has 1 atom stereocenters. The fourth-order valence-electron chi connectivity index (χ4n) is 3.87. The molecule has 1 unspecified atom stereocenters. The highest BCUT2D eigenvalue weighted by Crippen LogP contribution is 2.40. The SMILES string of the molecule is O=C(N[N+]1([O-])CCCCC1)C1=NN(c2ccc(Cl)cc2Cl)C(c2ccc(Cl)cc2)C1. The summed E-state index contributed by atoms with van der Waals surface area (Å²) < 4.78 is -0.703. The third-order valence-electron chi connectivity index (χ3n) is 5.43. The number of benzene rings is 2. The maximum atomic E-state index is 12.9. The van der Waals surface area contributed by atoms with E-state index in [4.69, 9.17) is 34.8 Å². The van der Waals surface area contributed by atoms with E-state index in [1.807, 2.05) is 12.1 Å². The normalized spacial score (nSPS) is 20.7. The van der Waals surface area contributed by atoms with Crippen molar-refractivity contribution in [2.75, 3.05) is 18.1 Å². The number of piperidine rings is 1. The second kappa shape index (κ2) is 8.73. The molecule has 1 saturated heterocycles. The highest BCUT2D eigenvalue weighted by molar-refractivity contribution is 6.40. The van der Waals surface area contributed by atoms with Crippen LogP contribution in [0.2, 0.25) is 15.1 Å². The molecular formula is C21H21Cl3N4O2. The van der Waals surface area contributed by atoms with E-state index in [1.54, 1.807) is 35.3 Å². The monoisotopic (exact) mass is 466 g/mol. The summed E-state index contributed by atoms with van der Waals surface area (Å²) in [6.45, 7) is 0.763. The average Bonchev–Trinajstić information content (AvgIpc) is 3.14. The van der Waals surface area contributed by atoms with Crippen LogP contribution in [-0.4, -0.2) is 29.5 Å². The van der Waals surface area contributed by atoms with E-state index in [9.17, 15) is 10.0 Å². The summed E-state index contributed by atoms with van der Waals surface area (Å²) in [6.07, 6.45) is 2.96. The minimum atomic E-state index is -0.703. The Morgan fingerprint density at radius 3 is 2.37 bits per heavy atom. The van der Waals surface area contributed by atoms with Gasteiger partial charge >= 0.3 is 5.91 Å². The number of nitrogens with one attached hydrogen (secondary N) is 1. The lowest BCUT2D eigenvalue weighted by molar-refractivity contribution is -0.919. The van der Waals surface area contributed by atoms with Crippen LogP contribution in [0.5, 0.6) is 0 Å². The highest BCUT2D eigenvalue weighted by Gasteiger charge is 2.35. The lowest BCUT2D eigenvalue weighted by Gasteiger charge is -2.43. The van der Waals surface area contributed by atoms with Gasteiger partial charge in [0.15, 0.2) is 0 Å². The summed E-state index contributed by atoms with van der Waals surface area (Å²) in [5, 5.41) is 20.6. The summed E-state index contributed by atoms with van der Waals surface area (Å²) in [6, 6.07) is 12.2. The smallest absolute Gasteiger partial charge is 0.312 e. The molecule has 0 spiro atoms. The molecule has 30 heavy (non-hydrogen) atoms. The van der Waals surface area contributed by atoms with Gasteiger partial charge in [0.05, 0.1) is 16.8 Å². The van der Waals surface area contributed by atoms with Gasteiger partial charge in [-0.05, 0) is 55.2 Å². The summed E-state index contributed by atoms with van der Waals surface area (Å²) >= 11 is 18.5. The van der Waals surface area contributed by atoms with Gasteiger partial charge in [-0.3, -0.25) is 14.6 Å². The molecule has 2 heterocycles. The van der Waals surface area contributed by atoms with Gasteiger partial charge in [0.2, 0.25) is 0 Å². The van der Waals surface area contributed by atoms with Crippen molar-refractivity contribution in [2.45, 2.75) is 31.7 Å². The molecule has 6 nitrogen and oxygen atoms in total. The molecule has 2 aromatic rings. The van der Waals surface area contributed by atoms with E-state index in [0.29, 0.717) is 46.0 Å². The van der Waals surface area contributed by atoms with Crippen LogP contribution >= 0.6 is 34.8 Å². The maximum absolute atomic E-state index is 12.9. The molecule has 2 aliphatic rings. The van der Waals surface area contributed by atoms with Crippen molar-refractivity contribution in [3.8, 4) is 0 Å². The van der Waals surface area contributed by atoms with Gasteiger partial charge in [0.1, 0.15) is 18.8 Å². The zero-order chi connectivity index (χ0) is 21.3. The molecule has 9 heteroatoms. The van der Waals surface area contributed by atoms with E-state index >= 15 is 0 Å². The van der Waals surface area contributed by atoms with E-state index in [-0.39, 0.29) is 6.04 Å². The first-order valence-corrected chi connectivity index (χ1v) is 11.0. The van der Waals surface area contributed by atoms with Crippen molar-refractivity contribution in [1.29, 1.82) is 0 Å². The molecular weight excluding hydrogens is 447 g/mol. The third-order valence-corrected chi connectivity index (χ3v) is 6.22. The first-order chi connectivity index (χ1) is 14.3. The standard InChI is InChI=1S/C21H21Cl3N4O2/c22-15-6-4-14(5-7-15)20-13-18(21(29)26-28(30)10-2-1-3-11-28)25-27(20)19-9-8-16(23)12-17(19)24/h4-9,12,20H,1-3,10-11,13H2,(H,26,29). The molecule has 4 rings (SSSR count). The van der Waals surface area contributed by atoms with Gasteiger partial charge in [0.25, 0.3) is 0 Å². The van der Waals surface area contributed by atoms with Crippen molar-refractivity contribution in [1.82, 2.24) is 5.43 Å². The molecule has 1 N–H and O–H groups in total. The number of rotatable bonds is 4. The second-order valence-electron chi connectivity index (χ2n) is 7.60. The molecule has 2 aromatic carbocycles. The number of quaternary nitrogens is 1. The Kier molecular flexibility index (Phi) is 6.23. The van der Waals surface area contributed by atoms with Crippen LogP contribution in [0.1, 0.15) is 37.3 Å². The largest absolute Gasteiger partial charge is 0.606 e. The Morgan fingerprint density at radius 1 is 1.03 bits per heavy atom. The van der Waals surface area contributed by atoms with Gasteiger partial charge < -0.3 is 5.21 Å². The van der Waals surface area contributed by atoms with Crippen LogP contribution in [-0.2, 0) is 4.79 Å². The molecule has 2 aliphatic heterocycles. The van der Waals surface area contributed by atoms with Crippen molar-refractivity contribution in [3.63, 3.8) is 0 Å². The minimum absolute atomic E-state index is 0.261. The predicted molar refractivity (Wildman–Crippen MR) is 121 cm³/mol. The summed E-state index contributed by atoms with van der Waals surface area (Å²) in [5.74, 6) is -0.446. The molecule has 158 valence electrons. The number of hydrazone groups is 1. The number of hydroxylamine groups is 2. The van der Waals surface area contributed by atoms with Crippen LogP contribution in [0.15, 0.2) is 47.6 Å². The van der Waals surface area contributed by atoms with Gasteiger partial charge in [-0.1, -0.05) is 46.9 Å². The van der Waals surface area contributed by atoms with Crippen molar-refractivity contribution in [3.05, 3.63) is 68.3 Å². The lowest BCUT2D eigenvalue weighted by Crippen LogP contribution is -2.59. The molecule has 0 aromatic heterocycles. The molecule has 1 fully saturated rings. The number of amides is 1. The Hall–Kier alpha value is -1.83. The van der Waals surface area contributed by atoms with Gasteiger partial charge in [0, 0.05) is 16.5 Å². The Balaban J connectivity index is 1.64. The van der Waals surface area contributed by atoms with E-state index in [0.717, 1.165) is 24.8 Å². The Bertz CT molecular complexity index is 975. The zero-order valence-electron chi connectivity index (χ0n) is 16.2. The van der Waals surface area contributed by atoms with Crippen LogP contribution in [0, 0.1) is 5.21 Å². The summed E-state index contributed by atoms with van der Waals surface area (Å²) in [4.78, 5) is 12.9. The zero-order valence-corrected chi connectivity index (χ0v) is 18.4. The van der Waals surface area contributed by atoms with E-state index in [2.05, 4.69) is 10.5 Å². The van der Waals surface area contributed by atoms with E-state index < -0.39 is 10.7 Å². The van der Waals surface area contributed by atoms with Crippen molar-refractivity contribution < 1.29 is 9.55 Å². The van der Waals surface area contributed by atoms with Crippen LogP contribution in [0.25, 0.3) is 0 Å². The van der Waals surface area contributed by atoms with Gasteiger partial charge in [-0.15, -0.1) is 0 Å². The van der Waals surface area contributed by atoms with Crippen LogP contribution in [0.3, 0.4) is 0 Å². The second-order valence-corrected chi connectivity index (χ2v) is 8.88. The highest BCUT2D eigenvalue weighted by atomic mass is 35.5. The van der Waals surface area contributed by atoms with Crippen LogP contribution in [0.4, 0.5) is 5.69 Å². The fourth-order valence-corrected chi connectivity index (χ4v) is 4.49. The predicted octanol–water partition coefficient (Wildman–Crippen LogP) is 5.48.